The third kappa shape index (κ3) is 1.45. The third-order valence-corrected chi connectivity index (χ3v) is 3.92. The molecule has 0 aromatic heterocycles. The van der Waals surface area contributed by atoms with Crippen molar-refractivity contribution in [1.82, 2.24) is 0 Å². The van der Waals surface area contributed by atoms with Gasteiger partial charge in [-0.15, -0.1) is 0 Å². The largest absolute Gasteiger partial charge is 0.488 e. The van der Waals surface area contributed by atoms with Crippen molar-refractivity contribution < 1.29 is 14.6 Å². The quantitative estimate of drug-likeness (QED) is 0.809. The Bertz CT molecular complexity index is 492. The van der Waals surface area contributed by atoms with Gasteiger partial charge >= 0.3 is 5.97 Å². The van der Waals surface area contributed by atoms with E-state index in [2.05, 4.69) is 0 Å². The predicted molar refractivity (Wildman–Crippen MR) is 63.2 cm³/mol. The average Bonchev–Trinajstić information content (AvgIpc) is 2.91. The lowest BCUT2D eigenvalue weighted by atomic mass is 9.80. The topological polar surface area (TPSA) is 46.5 Å². The summed E-state index contributed by atoms with van der Waals surface area (Å²) >= 11 is 0. The highest BCUT2D eigenvalue weighted by Gasteiger charge is 2.64. The smallest absolute Gasteiger partial charge is 0.307 e. The van der Waals surface area contributed by atoms with Crippen molar-refractivity contribution >= 4 is 5.97 Å². The van der Waals surface area contributed by atoms with E-state index in [9.17, 15) is 9.90 Å². The van der Waals surface area contributed by atoms with Gasteiger partial charge < -0.3 is 9.84 Å². The van der Waals surface area contributed by atoms with Crippen LogP contribution >= 0.6 is 0 Å². The summed E-state index contributed by atoms with van der Waals surface area (Å²) in [5.74, 6) is -0.0724. The normalized spacial score (nSPS) is 32.7. The van der Waals surface area contributed by atoms with E-state index < -0.39 is 5.97 Å². The Morgan fingerprint density at radius 2 is 2.12 bits per heavy atom. The first kappa shape index (κ1) is 10.6. The highest BCUT2D eigenvalue weighted by molar-refractivity contribution is 5.78. The van der Waals surface area contributed by atoms with E-state index in [1.807, 2.05) is 38.1 Å². The summed E-state index contributed by atoms with van der Waals surface area (Å²) in [7, 11) is 0. The number of rotatable bonds is 1. The van der Waals surface area contributed by atoms with E-state index in [1.165, 1.54) is 0 Å². The van der Waals surface area contributed by atoms with Gasteiger partial charge in [-0.3, -0.25) is 4.79 Å². The van der Waals surface area contributed by atoms with E-state index >= 15 is 0 Å². The molecule has 0 radical (unpaired) electrons. The predicted octanol–water partition coefficient (Wildman–Crippen LogP) is 2.59. The number of carboxylic acid groups (broad SMARTS) is 1. The van der Waals surface area contributed by atoms with Gasteiger partial charge in [0.1, 0.15) is 11.4 Å². The molecule has 1 aliphatic heterocycles. The summed E-state index contributed by atoms with van der Waals surface area (Å²) in [6.45, 7) is 4.06. The minimum absolute atomic E-state index is 0.190. The first-order chi connectivity index (χ1) is 7.95. The molecule has 1 aromatic carbocycles. The van der Waals surface area contributed by atoms with Gasteiger partial charge in [0.15, 0.2) is 0 Å². The molecule has 2 aliphatic rings. The Labute approximate surface area is 100 Å². The summed E-state index contributed by atoms with van der Waals surface area (Å²) in [5.41, 5.74) is 0.606. The second-order valence-electron chi connectivity index (χ2n) is 5.79. The molecule has 1 aromatic rings. The van der Waals surface area contributed by atoms with E-state index in [0.717, 1.165) is 24.2 Å². The van der Waals surface area contributed by atoms with Crippen molar-refractivity contribution in [2.45, 2.75) is 37.7 Å². The number of para-hydroxylation sites is 1. The second-order valence-corrected chi connectivity index (χ2v) is 5.79. The number of ether oxygens (including phenoxy) is 1. The van der Waals surface area contributed by atoms with E-state index in [4.69, 9.17) is 4.74 Å². The third-order valence-electron chi connectivity index (χ3n) is 3.92. The van der Waals surface area contributed by atoms with Crippen LogP contribution in [0.3, 0.4) is 0 Å². The van der Waals surface area contributed by atoms with Crippen molar-refractivity contribution in [3.63, 3.8) is 0 Å². The molecule has 17 heavy (non-hydrogen) atoms. The van der Waals surface area contributed by atoms with Crippen LogP contribution in [0.5, 0.6) is 5.75 Å². The molecule has 2 atom stereocenters. The summed E-state index contributed by atoms with van der Waals surface area (Å²) < 4.78 is 5.93. The van der Waals surface area contributed by atoms with Crippen LogP contribution in [-0.4, -0.2) is 16.7 Å². The molecule has 1 heterocycles. The first-order valence-corrected chi connectivity index (χ1v) is 5.96. The second kappa shape index (κ2) is 3.03. The monoisotopic (exact) mass is 232 g/mol. The minimum atomic E-state index is -0.683. The molecule has 90 valence electrons. The Kier molecular flexibility index (Phi) is 1.90. The van der Waals surface area contributed by atoms with E-state index in [0.29, 0.717) is 0 Å². The van der Waals surface area contributed by atoms with Crippen molar-refractivity contribution in [2.24, 2.45) is 5.92 Å². The van der Waals surface area contributed by atoms with Crippen LogP contribution in [0.4, 0.5) is 0 Å². The highest BCUT2D eigenvalue weighted by Crippen LogP contribution is 2.63. The number of hydrogen-bond acceptors (Lipinski definition) is 2. The summed E-state index contributed by atoms with van der Waals surface area (Å²) in [6.07, 6.45) is 1.53. The maximum absolute atomic E-state index is 11.2. The summed E-state index contributed by atoms with van der Waals surface area (Å²) in [6, 6.07) is 7.84. The summed E-state index contributed by atoms with van der Waals surface area (Å²) in [4.78, 5) is 11.2. The molecular weight excluding hydrogens is 216 g/mol. The molecule has 0 amide bonds. The Hall–Kier alpha value is -1.51. The van der Waals surface area contributed by atoms with E-state index in [-0.39, 0.29) is 16.9 Å². The fourth-order valence-electron chi connectivity index (χ4n) is 3.28. The standard InChI is InChI=1S/C14H16O3/c1-13(2)8-14(7-10(14)12(15)16)9-5-3-4-6-11(9)17-13/h3-6,10H,7-8H2,1-2H3,(H,15,16)/t10-,14-/m0/s1. The van der Waals surface area contributed by atoms with Crippen molar-refractivity contribution in [3.8, 4) is 5.75 Å². The van der Waals surface area contributed by atoms with E-state index in [1.54, 1.807) is 0 Å². The van der Waals surface area contributed by atoms with Crippen LogP contribution in [-0.2, 0) is 10.2 Å². The average molecular weight is 232 g/mol. The molecular formula is C14H16O3. The summed E-state index contributed by atoms with van der Waals surface area (Å²) in [5, 5.41) is 9.23. The van der Waals surface area contributed by atoms with Crippen LogP contribution in [0.15, 0.2) is 24.3 Å². The van der Waals surface area contributed by atoms with Gasteiger partial charge in [0.2, 0.25) is 0 Å². The highest BCUT2D eigenvalue weighted by atomic mass is 16.5. The fraction of sp³-hybridized carbons (Fsp3) is 0.500. The lowest BCUT2D eigenvalue weighted by molar-refractivity contribution is -0.139. The Morgan fingerprint density at radius 3 is 2.76 bits per heavy atom. The lowest BCUT2D eigenvalue weighted by Gasteiger charge is -2.38. The van der Waals surface area contributed by atoms with Crippen molar-refractivity contribution in [1.29, 1.82) is 0 Å². The van der Waals surface area contributed by atoms with Gasteiger partial charge in [-0.05, 0) is 32.8 Å². The fourth-order valence-corrected chi connectivity index (χ4v) is 3.28. The van der Waals surface area contributed by atoms with Gasteiger partial charge in [-0.25, -0.2) is 0 Å². The molecule has 1 fully saturated rings. The zero-order chi connectivity index (χ0) is 12.3. The molecule has 3 heteroatoms. The number of benzene rings is 1. The van der Waals surface area contributed by atoms with Crippen molar-refractivity contribution in [2.75, 3.05) is 0 Å². The SMILES string of the molecule is CC1(C)C[C@@]2(C[C@H]2C(=O)O)c2ccccc2O1. The molecule has 3 rings (SSSR count). The van der Waals surface area contributed by atoms with Crippen LogP contribution in [0, 0.1) is 5.92 Å². The van der Waals surface area contributed by atoms with Gasteiger partial charge in [-0.1, -0.05) is 18.2 Å². The number of aliphatic carboxylic acids is 1. The number of carboxylic acids is 1. The molecule has 0 bridgehead atoms. The Balaban J connectivity index is 2.09. The molecule has 3 nitrogen and oxygen atoms in total. The first-order valence-electron chi connectivity index (χ1n) is 5.96. The zero-order valence-electron chi connectivity index (χ0n) is 10.1. The van der Waals surface area contributed by atoms with Crippen LogP contribution in [0.25, 0.3) is 0 Å². The van der Waals surface area contributed by atoms with Crippen LogP contribution < -0.4 is 4.74 Å². The molecule has 1 N–H and O–H groups in total. The Morgan fingerprint density at radius 1 is 1.41 bits per heavy atom. The van der Waals surface area contributed by atoms with Crippen LogP contribution in [0.2, 0.25) is 0 Å². The minimum Gasteiger partial charge on any atom is -0.488 e. The lowest BCUT2D eigenvalue weighted by Crippen LogP contribution is -2.39. The van der Waals surface area contributed by atoms with Gasteiger partial charge in [0.05, 0.1) is 5.92 Å². The van der Waals surface area contributed by atoms with Gasteiger partial charge in [0, 0.05) is 11.0 Å². The molecule has 0 unspecified atom stereocenters. The molecule has 0 saturated heterocycles. The van der Waals surface area contributed by atoms with Gasteiger partial charge in [-0.2, -0.15) is 0 Å². The van der Waals surface area contributed by atoms with Crippen LogP contribution in [0.1, 0.15) is 32.3 Å². The maximum Gasteiger partial charge on any atom is 0.307 e. The number of hydrogen-bond donors (Lipinski definition) is 1. The maximum atomic E-state index is 11.2. The van der Waals surface area contributed by atoms with Gasteiger partial charge in [0.25, 0.3) is 0 Å². The molecule has 1 saturated carbocycles. The van der Waals surface area contributed by atoms with Crippen molar-refractivity contribution in [3.05, 3.63) is 29.8 Å². The zero-order valence-corrected chi connectivity index (χ0v) is 10.1. The number of carbonyl (C=O) groups is 1. The molecule has 1 spiro atoms. The number of fused-ring (bicyclic) bond motifs is 2. The molecule has 1 aliphatic carbocycles.